The Hall–Kier alpha value is -3.82. The first-order valence-corrected chi connectivity index (χ1v) is 15.8. The van der Waals surface area contributed by atoms with Gasteiger partial charge in [0.25, 0.3) is 0 Å². The third kappa shape index (κ3) is 4.65. The summed E-state index contributed by atoms with van der Waals surface area (Å²) in [5.41, 5.74) is -1.81. The molecule has 2 aliphatic heterocycles. The lowest BCUT2D eigenvalue weighted by molar-refractivity contribution is -0.165. The highest BCUT2D eigenvalue weighted by Crippen LogP contribution is 2.56. The van der Waals surface area contributed by atoms with Crippen LogP contribution in [0, 0.1) is 46.3 Å². The van der Waals surface area contributed by atoms with E-state index in [1.54, 1.807) is 13.8 Å². The van der Waals surface area contributed by atoms with Crippen molar-refractivity contribution in [2.24, 2.45) is 46.3 Å². The SMILES string of the molecule is C=C1C(=O)O[C@@H]2C[C@H](C)[C@H]3C=CC(=O)[C@]3(C)[C@H](OC(=O)CCCC(=O)O[C@H]3[C@H]4C(=C)C(=O)O[C@@H]4C[C@@H](C)[C@H]4C=CC(=O)[C@@]43C)[C@@H]12. The number of carbonyl (C=O) groups is 6. The van der Waals surface area contributed by atoms with Crippen molar-refractivity contribution >= 4 is 35.4 Å². The van der Waals surface area contributed by atoms with Crippen molar-refractivity contribution in [3.63, 3.8) is 0 Å². The predicted octanol–water partition coefficient (Wildman–Crippen LogP) is 3.78. The quantitative estimate of drug-likeness (QED) is 0.245. The first-order chi connectivity index (χ1) is 21.2. The van der Waals surface area contributed by atoms with Gasteiger partial charge in [-0.3, -0.25) is 19.2 Å². The number of ketones is 2. The Bertz CT molecular complexity index is 1360. The van der Waals surface area contributed by atoms with E-state index >= 15 is 0 Å². The molecule has 6 rings (SSSR count). The molecule has 0 amide bonds. The summed E-state index contributed by atoms with van der Waals surface area (Å²) < 4.78 is 23.2. The zero-order valence-electron chi connectivity index (χ0n) is 26.1. The summed E-state index contributed by atoms with van der Waals surface area (Å²) in [7, 11) is 0. The van der Waals surface area contributed by atoms with E-state index in [0.29, 0.717) is 12.8 Å². The number of allylic oxidation sites excluding steroid dienone is 4. The molecule has 10 nitrogen and oxygen atoms in total. The minimum Gasteiger partial charge on any atom is -0.460 e. The molecule has 12 atom stereocenters. The van der Waals surface area contributed by atoms with Crippen molar-refractivity contribution in [3.8, 4) is 0 Å². The molecule has 0 unspecified atom stereocenters. The standard InChI is InChI=1S/C35H40O10/c1-16-14-22-28(18(3)32(40)42-22)30(34(5)20(16)10-12-24(34)36)44-26(38)8-7-9-27(39)45-31-29-19(4)33(41)43-23(29)15-17(2)21-11-13-25(37)35(21,31)6/h10-13,16-17,20-23,28-31H,3-4,7-9,14-15H2,1-2,5-6H3/t16-,17+,20-,21-,22-,23-,28+,29+,30+,31-,34-,35-/m1/s1. The van der Waals surface area contributed by atoms with E-state index in [-0.39, 0.29) is 65.6 Å². The summed E-state index contributed by atoms with van der Waals surface area (Å²) in [5.74, 6) is -4.46. The van der Waals surface area contributed by atoms with Gasteiger partial charge in [-0.05, 0) is 68.9 Å². The van der Waals surface area contributed by atoms with Crippen molar-refractivity contribution in [3.05, 3.63) is 48.6 Å². The number of fused-ring (bicyclic) bond motifs is 4. The van der Waals surface area contributed by atoms with E-state index in [0.717, 1.165) is 0 Å². The van der Waals surface area contributed by atoms with Crippen LogP contribution in [-0.4, -0.2) is 59.9 Å². The molecule has 0 N–H and O–H groups in total. The lowest BCUT2D eigenvalue weighted by Crippen LogP contribution is -2.49. The Balaban J connectivity index is 1.15. The van der Waals surface area contributed by atoms with E-state index in [9.17, 15) is 28.8 Å². The second-order valence-corrected chi connectivity index (χ2v) is 14.2. The maximum Gasteiger partial charge on any atom is 0.334 e. The van der Waals surface area contributed by atoms with Crippen LogP contribution >= 0.6 is 0 Å². The van der Waals surface area contributed by atoms with Crippen LogP contribution in [0.5, 0.6) is 0 Å². The minimum atomic E-state index is -1.09. The Kier molecular flexibility index (Phi) is 7.56. The fraction of sp³-hybridized carbons (Fsp3) is 0.600. The molecule has 0 aromatic heterocycles. The van der Waals surface area contributed by atoms with Crippen LogP contribution in [-0.2, 0) is 47.7 Å². The largest absolute Gasteiger partial charge is 0.460 e. The average Bonchev–Trinajstić information content (AvgIpc) is 3.60. The van der Waals surface area contributed by atoms with Gasteiger partial charge in [0.2, 0.25) is 0 Å². The highest BCUT2D eigenvalue weighted by atomic mass is 16.6. The summed E-state index contributed by atoms with van der Waals surface area (Å²) in [5, 5.41) is 0. The molecular formula is C35H40O10. The Morgan fingerprint density at radius 1 is 0.756 bits per heavy atom. The number of esters is 4. The molecule has 0 bridgehead atoms. The summed E-state index contributed by atoms with van der Waals surface area (Å²) >= 11 is 0. The fourth-order valence-electron chi connectivity index (χ4n) is 9.07. The Morgan fingerprint density at radius 2 is 1.13 bits per heavy atom. The van der Waals surface area contributed by atoms with Gasteiger partial charge in [-0.15, -0.1) is 0 Å². The van der Waals surface area contributed by atoms with Crippen LogP contribution in [0.2, 0.25) is 0 Å². The second kappa shape index (κ2) is 10.9. The number of rotatable bonds is 6. The molecule has 45 heavy (non-hydrogen) atoms. The first kappa shape index (κ1) is 31.2. The van der Waals surface area contributed by atoms with E-state index in [1.807, 2.05) is 26.0 Å². The molecule has 2 heterocycles. The van der Waals surface area contributed by atoms with Crippen LogP contribution in [0.25, 0.3) is 0 Å². The molecular weight excluding hydrogens is 580 g/mol. The lowest BCUT2D eigenvalue weighted by Gasteiger charge is -2.39. The van der Waals surface area contributed by atoms with Crippen LogP contribution in [0.1, 0.15) is 59.8 Å². The van der Waals surface area contributed by atoms with E-state index in [2.05, 4.69) is 13.2 Å². The number of hydrogen-bond acceptors (Lipinski definition) is 10. The monoisotopic (exact) mass is 620 g/mol. The topological polar surface area (TPSA) is 139 Å². The third-order valence-corrected chi connectivity index (χ3v) is 11.6. The molecule has 4 fully saturated rings. The Labute approximate surface area is 262 Å². The zero-order valence-corrected chi connectivity index (χ0v) is 26.1. The van der Waals surface area contributed by atoms with Gasteiger partial charge in [0.15, 0.2) is 11.6 Å². The zero-order chi connectivity index (χ0) is 32.6. The maximum absolute atomic E-state index is 13.3. The van der Waals surface area contributed by atoms with Gasteiger partial charge in [0, 0.05) is 24.0 Å². The van der Waals surface area contributed by atoms with E-state index in [4.69, 9.17) is 18.9 Å². The molecule has 0 aromatic rings. The third-order valence-electron chi connectivity index (χ3n) is 11.6. The average molecular weight is 621 g/mol. The van der Waals surface area contributed by atoms with Gasteiger partial charge in [0.1, 0.15) is 24.4 Å². The van der Waals surface area contributed by atoms with Crippen molar-refractivity contribution < 1.29 is 47.7 Å². The highest BCUT2D eigenvalue weighted by Gasteiger charge is 2.63. The van der Waals surface area contributed by atoms with Crippen molar-refractivity contribution in [1.82, 2.24) is 0 Å². The minimum absolute atomic E-state index is 0.00556. The molecule has 4 aliphatic carbocycles. The molecule has 0 spiro atoms. The van der Waals surface area contributed by atoms with Gasteiger partial charge in [-0.2, -0.15) is 0 Å². The molecule has 2 saturated heterocycles. The smallest absolute Gasteiger partial charge is 0.334 e. The fourth-order valence-corrected chi connectivity index (χ4v) is 9.07. The van der Waals surface area contributed by atoms with Gasteiger partial charge in [-0.25, -0.2) is 9.59 Å². The molecule has 0 aromatic carbocycles. The van der Waals surface area contributed by atoms with E-state index < -0.39 is 71.0 Å². The van der Waals surface area contributed by atoms with Gasteiger partial charge in [-0.1, -0.05) is 39.2 Å². The Morgan fingerprint density at radius 3 is 1.51 bits per heavy atom. The second-order valence-electron chi connectivity index (χ2n) is 14.2. The van der Waals surface area contributed by atoms with Crippen LogP contribution in [0.3, 0.4) is 0 Å². The summed E-state index contributed by atoms with van der Waals surface area (Å²) in [6.45, 7) is 15.3. The number of hydrogen-bond donors (Lipinski definition) is 0. The van der Waals surface area contributed by atoms with Gasteiger partial charge in [0.05, 0.1) is 22.7 Å². The number of carbonyl (C=O) groups excluding carboxylic acids is 6. The van der Waals surface area contributed by atoms with Crippen LogP contribution < -0.4 is 0 Å². The van der Waals surface area contributed by atoms with Crippen molar-refractivity contribution in [2.45, 2.75) is 84.2 Å². The maximum atomic E-state index is 13.3. The molecule has 10 heteroatoms. The molecule has 6 aliphatic rings. The summed E-state index contributed by atoms with van der Waals surface area (Å²) in [4.78, 5) is 77.9. The lowest BCUT2D eigenvalue weighted by atomic mass is 9.67. The molecule has 0 radical (unpaired) electrons. The molecule has 2 saturated carbocycles. The normalized spacial score (nSPS) is 43.1. The summed E-state index contributed by atoms with van der Waals surface area (Å²) in [6, 6.07) is 0. The molecule has 240 valence electrons. The summed E-state index contributed by atoms with van der Waals surface area (Å²) in [6.07, 6.45) is 4.50. The van der Waals surface area contributed by atoms with Gasteiger partial charge >= 0.3 is 23.9 Å². The van der Waals surface area contributed by atoms with Crippen molar-refractivity contribution in [2.75, 3.05) is 0 Å². The van der Waals surface area contributed by atoms with Gasteiger partial charge < -0.3 is 18.9 Å². The van der Waals surface area contributed by atoms with Crippen LogP contribution in [0.4, 0.5) is 0 Å². The van der Waals surface area contributed by atoms with Crippen molar-refractivity contribution in [1.29, 1.82) is 0 Å². The number of ether oxygens (including phenoxy) is 4. The predicted molar refractivity (Wildman–Crippen MR) is 158 cm³/mol. The van der Waals surface area contributed by atoms with Crippen LogP contribution in [0.15, 0.2) is 48.6 Å². The first-order valence-electron chi connectivity index (χ1n) is 15.8. The van der Waals surface area contributed by atoms with E-state index in [1.165, 1.54) is 12.2 Å². The highest BCUT2D eigenvalue weighted by molar-refractivity contribution is 6.00.